The van der Waals surface area contributed by atoms with E-state index in [0.29, 0.717) is 5.75 Å². The molecule has 0 radical (unpaired) electrons. The maximum atomic E-state index is 10.7. The second kappa shape index (κ2) is 8.57. The predicted octanol–water partition coefficient (Wildman–Crippen LogP) is 6.61. The van der Waals surface area contributed by atoms with Crippen LogP contribution in [0.15, 0.2) is 59.7 Å². The topological polar surface area (TPSA) is 29.5 Å². The van der Waals surface area contributed by atoms with Crippen molar-refractivity contribution in [2.45, 2.75) is 40.5 Å². The van der Waals surface area contributed by atoms with Gasteiger partial charge in [-0.1, -0.05) is 47.6 Å². The molecule has 0 amide bonds. The monoisotopic (exact) mass is 336 g/mol. The Morgan fingerprint density at radius 3 is 2.32 bits per heavy atom. The Labute approximate surface area is 151 Å². The van der Waals surface area contributed by atoms with Gasteiger partial charge < -0.3 is 9.84 Å². The van der Waals surface area contributed by atoms with E-state index < -0.39 is 0 Å². The van der Waals surface area contributed by atoms with Crippen LogP contribution in [0.1, 0.15) is 46.1 Å². The minimum atomic E-state index is 0.261. The van der Waals surface area contributed by atoms with Gasteiger partial charge in [0, 0.05) is 11.6 Å². The summed E-state index contributed by atoms with van der Waals surface area (Å²) in [6, 6.07) is 13.8. The lowest BCUT2D eigenvalue weighted by molar-refractivity contribution is 0.407. The van der Waals surface area contributed by atoms with Gasteiger partial charge in [0.15, 0.2) is 0 Å². The molecular formula is C23H28O2. The Morgan fingerprint density at radius 2 is 1.72 bits per heavy atom. The minimum Gasteiger partial charge on any atom is -0.507 e. The van der Waals surface area contributed by atoms with Gasteiger partial charge in [-0.15, -0.1) is 0 Å². The molecule has 2 aromatic carbocycles. The maximum Gasteiger partial charge on any atom is 0.127 e. The average Bonchev–Trinajstić information content (AvgIpc) is 2.60. The van der Waals surface area contributed by atoms with Crippen molar-refractivity contribution in [2.24, 2.45) is 0 Å². The van der Waals surface area contributed by atoms with Gasteiger partial charge >= 0.3 is 0 Å². The van der Waals surface area contributed by atoms with Crippen molar-refractivity contribution in [2.75, 3.05) is 7.11 Å². The number of phenols is 1. The quantitative estimate of drug-likeness (QED) is 0.602. The first kappa shape index (κ1) is 18.9. The Kier molecular flexibility index (Phi) is 6.46. The lowest BCUT2D eigenvalue weighted by atomic mass is 9.90. The highest BCUT2D eigenvalue weighted by Gasteiger charge is 2.15. The molecule has 0 unspecified atom stereocenters. The molecule has 1 N–H and O–H groups in total. The number of methoxy groups -OCH3 is 1. The molecule has 0 aliphatic rings. The molecule has 0 aliphatic carbocycles. The molecule has 0 atom stereocenters. The second-order valence-corrected chi connectivity index (χ2v) is 6.66. The molecule has 2 rings (SSSR count). The third kappa shape index (κ3) is 4.76. The summed E-state index contributed by atoms with van der Waals surface area (Å²) in [6.45, 7) is 8.47. The summed E-state index contributed by atoms with van der Waals surface area (Å²) in [5.41, 5.74) is 6.71. The van der Waals surface area contributed by atoms with E-state index in [4.69, 9.17) is 4.74 Å². The fraction of sp³-hybridized carbons (Fsp3) is 0.304. The smallest absolute Gasteiger partial charge is 0.127 e. The molecule has 0 saturated heterocycles. The van der Waals surface area contributed by atoms with Gasteiger partial charge in [-0.3, -0.25) is 0 Å². The summed E-state index contributed by atoms with van der Waals surface area (Å²) in [6.07, 6.45) is 4.25. The van der Waals surface area contributed by atoms with Gasteiger partial charge in [0.05, 0.1) is 7.11 Å². The van der Waals surface area contributed by atoms with Crippen LogP contribution in [0.3, 0.4) is 0 Å². The molecule has 0 saturated carbocycles. The molecule has 0 heterocycles. The number of aromatic hydroxyl groups is 1. The van der Waals surface area contributed by atoms with Gasteiger partial charge in [0.1, 0.15) is 11.5 Å². The van der Waals surface area contributed by atoms with Crippen LogP contribution in [-0.2, 0) is 0 Å². The van der Waals surface area contributed by atoms with E-state index in [9.17, 15) is 5.11 Å². The summed E-state index contributed by atoms with van der Waals surface area (Å²) in [7, 11) is 1.62. The van der Waals surface area contributed by atoms with E-state index in [1.165, 1.54) is 11.1 Å². The van der Waals surface area contributed by atoms with Crippen LogP contribution < -0.4 is 4.74 Å². The van der Waals surface area contributed by atoms with Crippen molar-refractivity contribution in [1.29, 1.82) is 0 Å². The van der Waals surface area contributed by atoms with Crippen molar-refractivity contribution in [3.05, 3.63) is 65.3 Å². The Bertz CT molecular complexity index is 779. The fourth-order valence-electron chi connectivity index (χ4n) is 2.94. The highest BCUT2D eigenvalue weighted by Crippen LogP contribution is 2.40. The van der Waals surface area contributed by atoms with Crippen molar-refractivity contribution in [3.63, 3.8) is 0 Å². The van der Waals surface area contributed by atoms with Crippen LogP contribution in [0.2, 0.25) is 0 Å². The number of rotatable bonds is 6. The van der Waals surface area contributed by atoms with Crippen molar-refractivity contribution >= 4 is 5.57 Å². The number of phenolic OH excluding ortho intramolecular Hbond substituents is 1. The molecule has 0 aliphatic heterocycles. The van der Waals surface area contributed by atoms with E-state index in [1.807, 2.05) is 24.3 Å². The largest absolute Gasteiger partial charge is 0.507 e. The average molecular weight is 336 g/mol. The van der Waals surface area contributed by atoms with Crippen LogP contribution >= 0.6 is 0 Å². The zero-order valence-corrected chi connectivity index (χ0v) is 15.9. The molecule has 2 nitrogen and oxygen atoms in total. The predicted molar refractivity (Wildman–Crippen MR) is 107 cm³/mol. The molecule has 25 heavy (non-hydrogen) atoms. The molecule has 0 spiro atoms. The van der Waals surface area contributed by atoms with E-state index in [0.717, 1.165) is 35.1 Å². The van der Waals surface area contributed by atoms with E-state index in [1.54, 1.807) is 13.2 Å². The standard InChI is InChI=1S/C23H28O2/c1-16(2)10-9-11-17(3)18(4)23-21(19-12-7-6-8-13-19)14-20(25-5)15-22(23)24/h6-8,10,12-15,24H,9,11H2,1-5H3. The molecule has 132 valence electrons. The first-order valence-electron chi connectivity index (χ1n) is 8.70. The number of benzene rings is 2. The molecule has 0 aromatic heterocycles. The van der Waals surface area contributed by atoms with E-state index in [2.05, 4.69) is 45.9 Å². The molecule has 0 bridgehead atoms. The summed E-state index contributed by atoms with van der Waals surface area (Å²) in [4.78, 5) is 0. The first-order valence-corrected chi connectivity index (χ1v) is 8.70. The molecule has 2 heteroatoms. The second-order valence-electron chi connectivity index (χ2n) is 6.66. The SMILES string of the molecule is COc1cc(O)c(C(C)=C(C)CCC=C(C)C)c(-c2ccccc2)c1. The van der Waals surface area contributed by atoms with Crippen LogP contribution in [0.4, 0.5) is 0 Å². The highest BCUT2D eigenvalue weighted by molar-refractivity contribution is 5.86. The van der Waals surface area contributed by atoms with E-state index >= 15 is 0 Å². The highest BCUT2D eigenvalue weighted by atomic mass is 16.5. The maximum absolute atomic E-state index is 10.7. The van der Waals surface area contributed by atoms with Crippen molar-refractivity contribution in [1.82, 2.24) is 0 Å². The van der Waals surface area contributed by atoms with Crippen molar-refractivity contribution in [3.8, 4) is 22.6 Å². The van der Waals surface area contributed by atoms with Crippen LogP contribution in [0, 0.1) is 0 Å². The summed E-state index contributed by atoms with van der Waals surface area (Å²) in [5, 5.41) is 10.7. The fourth-order valence-corrected chi connectivity index (χ4v) is 2.94. The zero-order valence-electron chi connectivity index (χ0n) is 15.9. The van der Waals surface area contributed by atoms with E-state index in [-0.39, 0.29) is 5.75 Å². The van der Waals surface area contributed by atoms with Gasteiger partial charge in [-0.2, -0.15) is 0 Å². The van der Waals surface area contributed by atoms with Crippen LogP contribution in [0.25, 0.3) is 16.7 Å². The Balaban J connectivity index is 2.54. The number of hydrogen-bond donors (Lipinski definition) is 1. The lowest BCUT2D eigenvalue weighted by Gasteiger charge is -2.17. The van der Waals surface area contributed by atoms with Gasteiger partial charge in [-0.05, 0) is 63.3 Å². The summed E-state index contributed by atoms with van der Waals surface area (Å²) < 4.78 is 5.36. The van der Waals surface area contributed by atoms with Gasteiger partial charge in [-0.25, -0.2) is 0 Å². The molecular weight excluding hydrogens is 308 g/mol. The number of allylic oxidation sites excluding steroid dienone is 4. The number of ether oxygens (including phenoxy) is 1. The summed E-state index contributed by atoms with van der Waals surface area (Å²) >= 11 is 0. The third-order valence-corrected chi connectivity index (χ3v) is 4.50. The lowest BCUT2D eigenvalue weighted by Crippen LogP contribution is -1.94. The number of hydrogen-bond acceptors (Lipinski definition) is 2. The summed E-state index contributed by atoms with van der Waals surface area (Å²) in [5.74, 6) is 0.923. The zero-order chi connectivity index (χ0) is 18.4. The Morgan fingerprint density at radius 1 is 1.04 bits per heavy atom. The molecule has 2 aromatic rings. The normalized spacial score (nSPS) is 11.7. The minimum absolute atomic E-state index is 0.261. The Hall–Kier alpha value is -2.48. The first-order chi connectivity index (χ1) is 11.9. The molecule has 0 fully saturated rings. The van der Waals surface area contributed by atoms with Gasteiger partial charge in [0.2, 0.25) is 0 Å². The van der Waals surface area contributed by atoms with Gasteiger partial charge in [0.25, 0.3) is 0 Å². The van der Waals surface area contributed by atoms with Crippen LogP contribution in [0.5, 0.6) is 11.5 Å². The van der Waals surface area contributed by atoms with Crippen molar-refractivity contribution < 1.29 is 9.84 Å². The third-order valence-electron chi connectivity index (χ3n) is 4.50. The van der Waals surface area contributed by atoms with Crippen LogP contribution in [-0.4, -0.2) is 12.2 Å².